The van der Waals surface area contributed by atoms with E-state index < -0.39 is 0 Å². The Labute approximate surface area is 79.3 Å². The van der Waals surface area contributed by atoms with Crippen LogP contribution in [-0.2, 0) is 0 Å². The van der Waals surface area contributed by atoms with E-state index >= 15 is 0 Å². The number of furan rings is 1. The van der Waals surface area contributed by atoms with Crippen molar-refractivity contribution in [3.8, 4) is 0 Å². The number of hydrogen-bond acceptors (Lipinski definition) is 2. The van der Waals surface area contributed by atoms with E-state index in [-0.39, 0.29) is 0 Å². The van der Waals surface area contributed by atoms with E-state index in [1.807, 2.05) is 6.07 Å². The van der Waals surface area contributed by atoms with Crippen molar-refractivity contribution in [3.05, 3.63) is 24.2 Å². The highest BCUT2D eigenvalue weighted by Gasteiger charge is 2.32. The minimum Gasteiger partial charge on any atom is -0.469 e. The van der Waals surface area contributed by atoms with Crippen molar-refractivity contribution in [2.75, 3.05) is 0 Å². The van der Waals surface area contributed by atoms with Gasteiger partial charge in [0.2, 0.25) is 0 Å². The first kappa shape index (κ1) is 8.82. The fourth-order valence-corrected chi connectivity index (χ4v) is 2.31. The molecule has 0 amide bonds. The first-order valence-corrected chi connectivity index (χ1v) is 5.10. The summed E-state index contributed by atoms with van der Waals surface area (Å²) in [5, 5.41) is 3.58. The van der Waals surface area contributed by atoms with Crippen LogP contribution < -0.4 is 5.32 Å². The molecule has 1 N–H and O–H groups in total. The van der Waals surface area contributed by atoms with E-state index in [2.05, 4.69) is 25.2 Å². The van der Waals surface area contributed by atoms with Gasteiger partial charge in [-0.15, -0.1) is 0 Å². The lowest BCUT2D eigenvalue weighted by atomic mass is 9.95. The van der Waals surface area contributed by atoms with Gasteiger partial charge in [0.05, 0.1) is 6.26 Å². The van der Waals surface area contributed by atoms with Crippen molar-refractivity contribution in [2.24, 2.45) is 0 Å². The van der Waals surface area contributed by atoms with Gasteiger partial charge in [0, 0.05) is 18.0 Å². The van der Waals surface area contributed by atoms with Crippen molar-refractivity contribution in [3.63, 3.8) is 0 Å². The molecule has 13 heavy (non-hydrogen) atoms. The van der Waals surface area contributed by atoms with Crippen molar-refractivity contribution in [1.82, 2.24) is 5.32 Å². The molecule has 3 unspecified atom stereocenters. The topological polar surface area (TPSA) is 25.2 Å². The van der Waals surface area contributed by atoms with Crippen LogP contribution in [0.5, 0.6) is 0 Å². The molecular formula is C11H17NO. The molecule has 2 heterocycles. The van der Waals surface area contributed by atoms with E-state index in [0.717, 1.165) is 5.76 Å². The zero-order valence-electron chi connectivity index (χ0n) is 8.29. The van der Waals surface area contributed by atoms with E-state index in [0.29, 0.717) is 18.0 Å². The lowest BCUT2D eigenvalue weighted by Crippen LogP contribution is -2.28. The van der Waals surface area contributed by atoms with Gasteiger partial charge in [0.15, 0.2) is 0 Å². The fraction of sp³-hybridized carbons (Fsp3) is 0.636. The quantitative estimate of drug-likeness (QED) is 0.754. The van der Waals surface area contributed by atoms with Crippen LogP contribution in [-0.4, -0.2) is 12.1 Å². The lowest BCUT2D eigenvalue weighted by Gasteiger charge is -2.14. The van der Waals surface area contributed by atoms with Crippen molar-refractivity contribution < 1.29 is 4.42 Å². The number of hydrogen-bond donors (Lipinski definition) is 1. The summed E-state index contributed by atoms with van der Waals surface area (Å²) in [5.74, 6) is 1.72. The molecule has 2 heteroatoms. The minimum absolute atomic E-state index is 0.579. The molecule has 2 rings (SSSR count). The molecule has 0 bridgehead atoms. The maximum atomic E-state index is 5.46. The van der Waals surface area contributed by atoms with Gasteiger partial charge in [-0.25, -0.2) is 0 Å². The minimum atomic E-state index is 0.579. The predicted octanol–water partition coefficient (Wildman–Crippen LogP) is 2.52. The van der Waals surface area contributed by atoms with Crippen molar-refractivity contribution in [1.29, 1.82) is 0 Å². The molecule has 0 spiro atoms. The van der Waals surface area contributed by atoms with Gasteiger partial charge in [0.25, 0.3) is 0 Å². The van der Waals surface area contributed by atoms with E-state index in [1.54, 1.807) is 6.26 Å². The molecule has 1 aromatic heterocycles. The molecule has 2 nitrogen and oxygen atoms in total. The van der Waals surface area contributed by atoms with E-state index in [4.69, 9.17) is 4.42 Å². The molecule has 72 valence electrons. The fourth-order valence-electron chi connectivity index (χ4n) is 2.31. The van der Waals surface area contributed by atoms with Crippen molar-refractivity contribution in [2.45, 2.75) is 44.7 Å². The molecule has 1 saturated heterocycles. The molecule has 0 aromatic carbocycles. The van der Waals surface area contributed by atoms with Gasteiger partial charge < -0.3 is 9.73 Å². The number of rotatable bonds is 2. The molecule has 1 aromatic rings. The Morgan fingerprint density at radius 1 is 1.62 bits per heavy atom. The highest BCUT2D eigenvalue weighted by molar-refractivity contribution is 5.12. The van der Waals surface area contributed by atoms with Gasteiger partial charge in [-0.05, 0) is 31.9 Å². The summed E-state index contributed by atoms with van der Waals surface area (Å²) in [6.07, 6.45) is 4.15. The third-order valence-electron chi connectivity index (χ3n) is 2.94. The summed E-state index contributed by atoms with van der Waals surface area (Å²) < 4.78 is 5.46. The highest BCUT2D eigenvalue weighted by Crippen LogP contribution is 2.32. The summed E-state index contributed by atoms with van der Waals surface area (Å²) in [6.45, 7) is 4.47. The van der Waals surface area contributed by atoms with Crippen LogP contribution in [0.4, 0.5) is 0 Å². The highest BCUT2D eigenvalue weighted by atomic mass is 16.3. The molecule has 3 atom stereocenters. The van der Waals surface area contributed by atoms with Crippen LogP contribution in [0.1, 0.15) is 38.4 Å². The molecule has 1 aliphatic rings. The second-order valence-corrected chi connectivity index (χ2v) is 3.94. The Hall–Kier alpha value is -0.760. The molecule has 1 aliphatic heterocycles. The maximum absolute atomic E-state index is 5.46. The zero-order chi connectivity index (χ0) is 9.26. The second-order valence-electron chi connectivity index (χ2n) is 3.94. The van der Waals surface area contributed by atoms with Gasteiger partial charge in [-0.1, -0.05) is 6.92 Å². The second kappa shape index (κ2) is 3.54. The monoisotopic (exact) mass is 179 g/mol. The van der Waals surface area contributed by atoms with Gasteiger partial charge in [0.1, 0.15) is 5.76 Å². The molecule has 0 saturated carbocycles. The van der Waals surface area contributed by atoms with Crippen molar-refractivity contribution >= 4 is 0 Å². The molecule has 1 fully saturated rings. The maximum Gasteiger partial charge on any atom is 0.108 e. The van der Waals surface area contributed by atoms with Crippen LogP contribution in [0.3, 0.4) is 0 Å². The smallest absolute Gasteiger partial charge is 0.108 e. The third-order valence-corrected chi connectivity index (χ3v) is 2.94. The molecular weight excluding hydrogens is 162 g/mol. The molecule has 0 aliphatic carbocycles. The summed E-state index contributed by atoms with van der Waals surface area (Å²) >= 11 is 0. The van der Waals surface area contributed by atoms with E-state index in [1.165, 1.54) is 12.8 Å². The standard InChI is InChI=1S/C11H17NO/c1-3-10-9(7-8(2)12-10)11-5-4-6-13-11/h4-6,8-10,12H,3,7H2,1-2H3. The first-order chi connectivity index (χ1) is 6.31. The average molecular weight is 179 g/mol. The van der Waals surface area contributed by atoms with Crippen LogP contribution in [0.2, 0.25) is 0 Å². The largest absolute Gasteiger partial charge is 0.469 e. The van der Waals surface area contributed by atoms with Crippen LogP contribution >= 0.6 is 0 Å². The Balaban J connectivity index is 2.14. The molecule has 0 radical (unpaired) electrons. The van der Waals surface area contributed by atoms with Crippen LogP contribution in [0, 0.1) is 0 Å². The zero-order valence-corrected chi connectivity index (χ0v) is 8.29. The average Bonchev–Trinajstić information content (AvgIpc) is 2.71. The third kappa shape index (κ3) is 1.63. The summed E-state index contributed by atoms with van der Waals surface area (Å²) in [6, 6.07) is 5.29. The summed E-state index contributed by atoms with van der Waals surface area (Å²) in [5.41, 5.74) is 0. The van der Waals surface area contributed by atoms with Crippen LogP contribution in [0.25, 0.3) is 0 Å². The Morgan fingerprint density at radius 3 is 3.08 bits per heavy atom. The van der Waals surface area contributed by atoms with E-state index in [9.17, 15) is 0 Å². The number of nitrogens with one attached hydrogen (secondary N) is 1. The Morgan fingerprint density at radius 2 is 2.46 bits per heavy atom. The lowest BCUT2D eigenvalue weighted by molar-refractivity contribution is 0.424. The Kier molecular flexibility index (Phi) is 2.40. The normalized spacial score (nSPS) is 33.8. The SMILES string of the molecule is CCC1NC(C)CC1c1ccco1. The first-order valence-electron chi connectivity index (χ1n) is 5.10. The Bertz CT molecular complexity index is 255. The van der Waals surface area contributed by atoms with Crippen LogP contribution in [0.15, 0.2) is 22.8 Å². The summed E-state index contributed by atoms with van der Waals surface area (Å²) in [7, 11) is 0. The van der Waals surface area contributed by atoms with Gasteiger partial charge >= 0.3 is 0 Å². The summed E-state index contributed by atoms with van der Waals surface area (Å²) in [4.78, 5) is 0. The van der Waals surface area contributed by atoms with Gasteiger partial charge in [-0.2, -0.15) is 0 Å². The van der Waals surface area contributed by atoms with Gasteiger partial charge in [-0.3, -0.25) is 0 Å². The predicted molar refractivity (Wildman–Crippen MR) is 52.7 cm³/mol.